The lowest BCUT2D eigenvalue weighted by Crippen LogP contribution is -2.51. The van der Waals surface area contributed by atoms with E-state index in [-0.39, 0.29) is 11.8 Å². The van der Waals surface area contributed by atoms with Gasteiger partial charge in [0.15, 0.2) is 0 Å². The predicted octanol–water partition coefficient (Wildman–Crippen LogP) is 4.78. The van der Waals surface area contributed by atoms with Gasteiger partial charge in [-0.3, -0.25) is 9.59 Å². The van der Waals surface area contributed by atoms with Crippen molar-refractivity contribution in [1.82, 2.24) is 9.80 Å². The third-order valence-electron chi connectivity index (χ3n) is 8.93. The minimum Gasteiger partial charge on any atom is -0.465 e. The van der Waals surface area contributed by atoms with Gasteiger partial charge in [0.2, 0.25) is 0 Å². The number of nitrogens with zero attached hydrogens (tertiary/aromatic N) is 2. The largest absolute Gasteiger partial charge is 0.465 e. The number of amides is 2. The van der Waals surface area contributed by atoms with Crippen molar-refractivity contribution >= 4 is 40.4 Å². The maximum atomic E-state index is 13.4. The summed E-state index contributed by atoms with van der Waals surface area (Å²) in [6, 6.07) is 20.3. The van der Waals surface area contributed by atoms with E-state index in [9.17, 15) is 19.5 Å². The second-order valence-corrected chi connectivity index (χ2v) is 12.0. The second-order valence-electron chi connectivity index (χ2n) is 12.0. The monoisotopic (exact) mass is 594 g/mol. The van der Waals surface area contributed by atoms with E-state index in [0.29, 0.717) is 71.7 Å². The zero-order valence-electron chi connectivity index (χ0n) is 25.2. The molecule has 3 aliphatic rings. The van der Waals surface area contributed by atoms with Gasteiger partial charge < -0.3 is 30.3 Å². The van der Waals surface area contributed by atoms with E-state index in [1.807, 2.05) is 60.4 Å². The standard InChI is InChI=1S/C35H38N4O5/c1-23-20-28-29(21-27(23)34(42)44-2)37-32(40)30(28)31(24-8-4-3-5-9-24)36-26-12-10-25(11-13-26)33(41)39-18-14-35(43,15-19-39)22-38-16-6-7-17-38/h3-5,8-13,20-21,36,43H,6-7,14-19,22H2,1-2H3,(H,37,40)/b31-30-. The van der Waals surface area contributed by atoms with Crippen molar-refractivity contribution in [3.8, 4) is 0 Å². The van der Waals surface area contributed by atoms with Crippen LogP contribution in [0.25, 0.3) is 11.3 Å². The molecule has 0 aromatic heterocycles. The maximum Gasteiger partial charge on any atom is 0.338 e. The molecule has 0 unspecified atom stereocenters. The molecule has 228 valence electrons. The van der Waals surface area contributed by atoms with Crippen LogP contribution in [0.2, 0.25) is 0 Å². The first-order valence-corrected chi connectivity index (χ1v) is 15.2. The van der Waals surface area contributed by atoms with Gasteiger partial charge in [-0.1, -0.05) is 30.3 Å². The van der Waals surface area contributed by atoms with Crippen molar-refractivity contribution in [2.24, 2.45) is 0 Å². The van der Waals surface area contributed by atoms with Gasteiger partial charge >= 0.3 is 5.97 Å². The summed E-state index contributed by atoms with van der Waals surface area (Å²) in [6.45, 7) is 5.64. The SMILES string of the molecule is COC(=O)c1cc2c(cc1C)/C(=C(/Nc1ccc(C(=O)N3CCC(O)(CN4CCCC4)CC3)cc1)c1ccccc1)C(=O)N2. The Morgan fingerprint density at radius 3 is 2.30 bits per heavy atom. The van der Waals surface area contributed by atoms with E-state index in [2.05, 4.69) is 15.5 Å². The van der Waals surface area contributed by atoms with Crippen molar-refractivity contribution in [3.05, 3.63) is 94.5 Å². The van der Waals surface area contributed by atoms with Gasteiger partial charge in [-0.15, -0.1) is 0 Å². The summed E-state index contributed by atoms with van der Waals surface area (Å²) in [6.07, 6.45) is 3.53. The van der Waals surface area contributed by atoms with Gasteiger partial charge in [0, 0.05) is 36.4 Å². The molecule has 0 aliphatic carbocycles. The fourth-order valence-corrected chi connectivity index (χ4v) is 6.45. The fraction of sp³-hybridized carbons (Fsp3) is 0.343. The Labute approximate surface area is 257 Å². The van der Waals surface area contributed by atoms with Gasteiger partial charge in [-0.05, 0) is 93.2 Å². The molecule has 0 saturated carbocycles. The Morgan fingerprint density at radius 2 is 1.64 bits per heavy atom. The molecule has 2 saturated heterocycles. The van der Waals surface area contributed by atoms with Crippen LogP contribution >= 0.6 is 0 Å². The van der Waals surface area contributed by atoms with Crippen molar-refractivity contribution in [3.63, 3.8) is 0 Å². The highest BCUT2D eigenvalue weighted by Crippen LogP contribution is 2.39. The van der Waals surface area contributed by atoms with E-state index in [1.165, 1.54) is 20.0 Å². The summed E-state index contributed by atoms with van der Waals surface area (Å²) in [5.74, 6) is -0.799. The van der Waals surface area contributed by atoms with Crippen LogP contribution in [0, 0.1) is 6.92 Å². The molecule has 3 N–H and O–H groups in total. The quantitative estimate of drug-likeness (QED) is 0.267. The number of rotatable bonds is 7. The minimum atomic E-state index is -0.735. The summed E-state index contributed by atoms with van der Waals surface area (Å²) < 4.78 is 4.91. The number of piperidine rings is 1. The molecule has 3 aromatic rings. The first kappa shape index (κ1) is 29.6. The number of methoxy groups -OCH3 is 1. The number of anilines is 2. The van der Waals surface area contributed by atoms with Gasteiger partial charge in [0.05, 0.1) is 35.2 Å². The summed E-state index contributed by atoms with van der Waals surface area (Å²) >= 11 is 0. The summed E-state index contributed by atoms with van der Waals surface area (Å²) in [7, 11) is 1.33. The number of aryl methyl sites for hydroxylation is 1. The number of hydrogen-bond donors (Lipinski definition) is 3. The van der Waals surface area contributed by atoms with Crippen LogP contribution in [0.3, 0.4) is 0 Å². The van der Waals surface area contributed by atoms with Gasteiger partial charge in [0.1, 0.15) is 0 Å². The molecule has 9 heteroatoms. The number of nitrogens with one attached hydrogen (secondary N) is 2. The number of esters is 1. The molecule has 2 amide bonds. The smallest absolute Gasteiger partial charge is 0.338 e. The lowest BCUT2D eigenvalue weighted by molar-refractivity contribution is -0.110. The van der Waals surface area contributed by atoms with Crippen LogP contribution in [-0.2, 0) is 9.53 Å². The molecule has 6 rings (SSSR count). The molecule has 3 aromatic carbocycles. The van der Waals surface area contributed by atoms with Gasteiger partial charge in [0.25, 0.3) is 11.8 Å². The Kier molecular flexibility index (Phi) is 8.25. The van der Waals surface area contributed by atoms with Crippen molar-refractivity contribution in [2.45, 2.75) is 38.2 Å². The highest BCUT2D eigenvalue weighted by molar-refractivity contribution is 6.37. The van der Waals surface area contributed by atoms with Crippen LogP contribution in [0.1, 0.15) is 63.1 Å². The molecule has 2 fully saturated rings. The van der Waals surface area contributed by atoms with E-state index < -0.39 is 11.6 Å². The Balaban J connectivity index is 1.22. The third kappa shape index (κ3) is 5.98. The number of ether oxygens (including phenoxy) is 1. The van der Waals surface area contributed by atoms with Crippen LogP contribution in [-0.4, -0.2) is 78.1 Å². The molecule has 44 heavy (non-hydrogen) atoms. The molecule has 9 nitrogen and oxygen atoms in total. The van der Waals surface area contributed by atoms with Crippen LogP contribution < -0.4 is 10.6 Å². The fourth-order valence-electron chi connectivity index (χ4n) is 6.45. The van der Waals surface area contributed by atoms with E-state index in [4.69, 9.17) is 4.74 Å². The number of benzene rings is 3. The summed E-state index contributed by atoms with van der Waals surface area (Å²) in [5.41, 5.74) is 4.77. The van der Waals surface area contributed by atoms with E-state index >= 15 is 0 Å². The number of aliphatic hydroxyl groups is 1. The molecule has 0 radical (unpaired) electrons. The number of carbonyl (C=O) groups excluding carboxylic acids is 3. The van der Waals surface area contributed by atoms with Gasteiger partial charge in [-0.2, -0.15) is 0 Å². The average molecular weight is 595 g/mol. The van der Waals surface area contributed by atoms with E-state index in [0.717, 1.165) is 24.3 Å². The predicted molar refractivity (Wildman–Crippen MR) is 170 cm³/mol. The van der Waals surface area contributed by atoms with Crippen molar-refractivity contribution in [1.29, 1.82) is 0 Å². The highest BCUT2D eigenvalue weighted by atomic mass is 16.5. The topological polar surface area (TPSA) is 111 Å². The van der Waals surface area contributed by atoms with Crippen LogP contribution in [0.5, 0.6) is 0 Å². The third-order valence-corrected chi connectivity index (χ3v) is 8.93. The number of β-amino-alcohol motifs (C(OH)–C–C–N with tert-alkyl or cyclic N) is 1. The summed E-state index contributed by atoms with van der Waals surface area (Å²) in [5, 5.41) is 17.4. The first-order chi connectivity index (χ1) is 21.2. The van der Waals surface area contributed by atoms with Crippen molar-refractivity contribution in [2.75, 3.05) is 50.5 Å². The van der Waals surface area contributed by atoms with E-state index in [1.54, 1.807) is 18.2 Å². The zero-order chi connectivity index (χ0) is 30.8. The molecule has 0 bridgehead atoms. The number of likely N-dealkylation sites (tertiary alicyclic amines) is 2. The summed E-state index contributed by atoms with van der Waals surface area (Å²) in [4.78, 5) is 43.1. The second kappa shape index (κ2) is 12.3. The van der Waals surface area contributed by atoms with Gasteiger partial charge in [-0.25, -0.2) is 4.79 Å². The Hall–Kier alpha value is -4.47. The molecule has 0 spiro atoms. The number of carbonyl (C=O) groups is 3. The lowest BCUT2D eigenvalue weighted by Gasteiger charge is -2.40. The average Bonchev–Trinajstić information content (AvgIpc) is 3.66. The number of hydrogen-bond acceptors (Lipinski definition) is 7. The molecule has 0 atom stereocenters. The van der Waals surface area contributed by atoms with Crippen LogP contribution in [0.4, 0.5) is 11.4 Å². The maximum absolute atomic E-state index is 13.4. The highest BCUT2D eigenvalue weighted by Gasteiger charge is 2.36. The molecular weight excluding hydrogens is 556 g/mol. The zero-order valence-corrected chi connectivity index (χ0v) is 25.2. The van der Waals surface area contributed by atoms with Crippen LogP contribution in [0.15, 0.2) is 66.7 Å². The molecule has 3 aliphatic heterocycles. The molecular formula is C35H38N4O5. The molecule has 3 heterocycles. The normalized spacial score (nSPS) is 18.9. The lowest BCUT2D eigenvalue weighted by atomic mass is 9.90. The Bertz CT molecular complexity index is 1600. The van der Waals surface area contributed by atoms with Crippen molar-refractivity contribution < 1.29 is 24.2 Å². The number of fused-ring (bicyclic) bond motifs is 1. The Morgan fingerprint density at radius 1 is 0.955 bits per heavy atom. The first-order valence-electron chi connectivity index (χ1n) is 15.2. The minimum absolute atomic E-state index is 0.0533.